The van der Waals surface area contributed by atoms with Crippen LogP contribution in [0.1, 0.15) is 12.8 Å². The lowest BCUT2D eigenvalue weighted by Crippen LogP contribution is -2.02. The van der Waals surface area contributed by atoms with Gasteiger partial charge in [-0.2, -0.15) is 0 Å². The minimum atomic E-state index is -2.08. The molecule has 2 rings (SSSR count). The second-order valence-electron chi connectivity index (χ2n) is 4.92. The standard InChI is InChI=1S/C18H22O5P/c19-24(22-15-7-13-20-17-9-3-1-4-10-17)23-16-8-14-21-18-11-5-2-6-12-18/h1-6,9-12H,7-8,13-16H2/q+1. The van der Waals surface area contributed by atoms with Crippen molar-refractivity contribution >= 4 is 8.25 Å². The van der Waals surface area contributed by atoms with E-state index in [1.165, 1.54) is 0 Å². The van der Waals surface area contributed by atoms with Gasteiger partial charge >= 0.3 is 8.25 Å². The Kier molecular flexibility index (Phi) is 8.87. The largest absolute Gasteiger partial charge is 0.697 e. The second kappa shape index (κ2) is 11.6. The van der Waals surface area contributed by atoms with Crippen molar-refractivity contribution in [3.63, 3.8) is 0 Å². The summed E-state index contributed by atoms with van der Waals surface area (Å²) in [5.74, 6) is 1.63. The number of ether oxygens (including phenoxy) is 2. The molecule has 0 bridgehead atoms. The van der Waals surface area contributed by atoms with Gasteiger partial charge in [-0.1, -0.05) is 36.4 Å². The van der Waals surface area contributed by atoms with E-state index >= 15 is 0 Å². The molecule has 0 N–H and O–H groups in total. The maximum Gasteiger partial charge on any atom is 0.697 e. The third kappa shape index (κ3) is 8.06. The molecule has 0 saturated carbocycles. The van der Waals surface area contributed by atoms with E-state index in [9.17, 15) is 4.57 Å². The fraction of sp³-hybridized carbons (Fsp3) is 0.333. The van der Waals surface area contributed by atoms with Crippen LogP contribution >= 0.6 is 8.25 Å². The Bertz CT molecular complexity index is 525. The van der Waals surface area contributed by atoms with Gasteiger partial charge in [-0.05, 0) is 24.3 Å². The topological polar surface area (TPSA) is 54.0 Å². The number of hydrogen-bond acceptors (Lipinski definition) is 5. The monoisotopic (exact) mass is 349 g/mol. The highest BCUT2D eigenvalue weighted by Gasteiger charge is 2.19. The lowest BCUT2D eigenvalue weighted by atomic mass is 10.3. The summed E-state index contributed by atoms with van der Waals surface area (Å²) in [4.78, 5) is 0. The molecule has 0 spiro atoms. The number of para-hydroxylation sites is 2. The van der Waals surface area contributed by atoms with Crippen molar-refractivity contribution in [3.05, 3.63) is 60.7 Å². The molecule has 0 aliphatic carbocycles. The fourth-order valence-electron chi connectivity index (χ4n) is 1.85. The molecule has 0 atom stereocenters. The summed E-state index contributed by atoms with van der Waals surface area (Å²) in [7, 11) is -2.08. The van der Waals surface area contributed by atoms with Crippen molar-refractivity contribution in [1.29, 1.82) is 0 Å². The zero-order valence-corrected chi connectivity index (χ0v) is 14.4. The molecule has 0 saturated heterocycles. The van der Waals surface area contributed by atoms with Crippen molar-refractivity contribution in [2.45, 2.75) is 12.8 Å². The molecule has 6 heteroatoms. The van der Waals surface area contributed by atoms with Crippen LogP contribution in [-0.4, -0.2) is 26.4 Å². The van der Waals surface area contributed by atoms with Gasteiger partial charge < -0.3 is 9.47 Å². The molecule has 24 heavy (non-hydrogen) atoms. The summed E-state index contributed by atoms with van der Waals surface area (Å²) in [5, 5.41) is 0. The highest BCUT2D eigenvalue weighted by molar-refractivity contribution is 7.33. The van der Waals surface area contributed by atoms with E-state index in [0.717, 1.165) is 11.5 Å². The lowest BCUT2D eigenvalue weighted by Gasteiger charge is -2.04. The third-order valence-electron chi connectivity index (χ3n) is 2.99. The Morgan fingerprint density at radius 3 is 1.46 bits per heavy atom. The predicted molar refractivity (Wildman–Crippen MR) is 92.6 cm³/mol. The highest BCUT2D eigenvalue weighted by Crippen LogP contribution is 2.24. The number of rotatable bonds is 12. The molecule has 0 aliphatic rings. The lowest BCUT2D eigenvalue weighted by molar-refractivity contribution is 0.194. The van der Waals surface area contributed by atoms with E-state index in [4.69, 9.17) is 18.5 Å². The zero-order chi connectivity index (χ0) is 16.9. The van der Waals surface area contributed by atoms with Gasteiger partial charge in [0.15, 0.2) is 0 Å². The molecular weight excluding hydrogens is 327 g/mol. The summed E-state index contributed by atoms with van der Waals surface area (Å²) in [6.45, 7) is 1.70. The molecule has 0 amide bonds. The predicted octanol–water partition coefficient (Wildman–Crippen LogP) is 4.62. The van der Waals surface area contributed by atoms with Crippen LogP contribution in [0.25, 0.3) is 0 Å². The van der Waals surface area contributed by atoms with Gasteiger partial charge in [0, 0.05) is 17.4 Å². The minimum Gasteiger partial charge on any atom is -0.494 e. The molecular formula is C18H22O5P+. The Balaban J connectivity index is 1.42. The van der Waals surface area contributed by atoms with Crippen molar-refractivity contribution in [1.82, 2.24) is 0 Å². The third-order valence-corrected chi connectivity index (χ3v) is 3.78. The number of hydrogen-bond donors (Lipinski definition) is 0. The summed E-state index contributed by atoms with van der Waals surface area (Å²) in [5.41, 5.74) is 0. The first-order chi connectivity index (χ1) is 11.8. The molecule has 0 fully saturated rings. The van der Waals surface area contributed by atoms with E-state index in [1.54, 1.807) is 0 Å². The van der Waals surface area contributed by atoms with Crippen LogP contribution in [0.3, 0.4) is 0 Å². The van der Waals surface area contributed by atoms with E-state index in [-0.39, 0.29) is 0 Å². The van der Waals surface area contributed by atoms with E-state index < -0.39 is 8.25 Å². The molecule has 2 aromatic carbocycles. The first-order valence-corrected chi connectivity index (χ1v) is 9.03. The zero-order valence-electron chi connectivity index (χ0n) is 13.5. The summed E-state index contributed by atoms with van der Waals surface area (Å²) >= 11 is 0. The maximum atomic E-state index is 11.5. The summed E-state index contributed by atoms with van der Waals surface area (Å²) in [6, 6.07) is 19.1. The average molecular weight is 349 g/mol. The van der Waals surface area contributed by atoms with Gasteiger partial charge in [-0.15, -0.1) is 9.05 Å². The smallest absolute Gasteiger partial charge is 0.494 e. The first-order valence-electron chi connectivity index (χ1n) is 7.93. The molecule has 0 radical (unpaired) electrons. The SMILES string of the molecule is O=[P+](OCCCOc1ccccc1)OCCCOc1ccccc1. The molecule has 0 aliphatic heterocycles. The number of benzene rings is 2. The molecule has 2 aromatic rings. The molecule has 0 aromatic heterocycles. The van der Waals surface area contributed by atoms with Crippen molar-refractivity contribution < 1.29 is 23.1 Å². The van der Waals surface area contributed by atoms with Crippen molar-refractivity contribution in [2.24, 2.45) is 0 Å². The van der Waals surface area contributed by atoms with Crippen LogP contribution in [0.4, 0.5) is 0 Å². The Hall–Kier alpha value is -1.94. The molecule has 128 valence electrons. The first kappa shape index (κ1) is 18.4. The van der Waals surface area contributed by atoms with Gasteiger partial charge in [-0.25, -0.2) is 0 Å². The Morgan fingerprint density at radius 1 is 0.625 bits per heavy atom. The van der Waals surface area contributed by atoms with Crippen molar-refractivity contribution in [2.75, 3.05) is 26.4 Å². The Labute approximate surface area is 143 Å². The van der Waals surface area contributed by atoms with Crippen molar-refractivity contribution in [3.8, 4) is 11.5 Å². The van der Waals surface area contributed by atoms with Crippen LogP contribution in [-0.2, 0) is 13.6 Å². The minimum absolute atomic E-state index is 0.336. The second-order valence-corrected chi connectivity index (χ2v) is 5.88. The maximum absolute atomic E-state index is 11.5. The Morgan fingerprint density at radius 2 is 1.04 bits per heavy atom. The normalized spacial score (nSPS) is 10.3. The van der Waals surface area contributed by atoms with Crippen LogP contribution in [0.5, 0.6) is 11.5 Å². The molecule has 5 nitrogen and oxygen atoms in total. The van der Waals surface area contributed by atoms with Gasteiger partial charge in [0.1, 0.15) is 24.7 Å². The van der Waals surface area contributed by atoms with Gasteiger partial charge in [0.25, 0.3) is 0 Å². The van der Waals surface area contributed by atoms with E-state index in [2.05, 4.69) is 0 Å². The van der Waals surface area contributed by atoms with Gasteiger partial charge in [0.05, 0.1) is 13.2 Å². The summed E-state index contributed by atoms with van der Waals surface area (Å²) in [6.07, 6.45) is 1.30. The average Bonchev–Trinajstić information content (AvgIpc) is 2.63. The van der Waals surface area contributed by atoms with Crippen LogP contribution in [0.15, 0.2) is 60.7 Å². The highest BCUT2D eigenvalue weighted by atomic mass is 31.1. The quantitative estimate of drug-likeness (QED) is 0.413. The fourth-order valence-corrected chi connectivity index (χ4v) is 2.48. The van der Waals surface area contributed by atoms with E-state index in [1.807, 2.05) is 60.7 Å². The molecule has 0 unspecified atom stereocenters. The van der Waals surface area contributed by atoms with Crippen LogP contribution in [0, 0.1) is 0 Å². The van der Waals surface area contributed by atoms with E-state index in [0.29, 0.717) is 39.3 Å². The molecule has 0 heterocycles. The van der Waals surface area contributed by atoms with Crippen LogP contribution in [0.2, 0.25) is 0 Å². The van der Waals surface area contributed by atoms with Gasteiger partial charge in [0.2, 0.25) is 0 Å². The summed E-state index contributed by atoms with van der Waals surface area (Å²) < 4.78 is 32.8. The van der Waals surface area contributed by atoms with Crippen LogP contribution < -0.4 is 9.47 Å². The van der Waals surface area contributed by atoms with Gasteiger partial charge in [-0.3, -0.25) is 0 Å².